The molecule has 15 rings (SSSR count). The van der Waals surface area contributed by atoms with Crippen molar-refractivity contribution >= 4 is 59.0 Å². The molecule has 10 heteroatoms. The smallest absolute Gasteiger partial charge is 0.339 e. The zero-order valence-corrected chi connectivity index (χ0v) is 44.2. The Morgan fingerprint density at radius 1 is 0.319 bits per heavy atom. The van der Waals surface area contributed by atoms with E-state index in [4.69, 9.17) is 18.9 Å². The first-order chi connectivity index (χ1) is 35.3. The van der Waals surface area contributed by atoms with Gasteiger partial charge >= 0.3 is 11.9 Å². The molecule has 0 saturated carbocycles. The average Bonchev–Trinajstić information content (AvgIpc) is 3.42. The minimum absolute atomic E-state index is 0.359. The average molecular weight is 1030 g/mol. The summed E-state index contributed by atoms with van der Waals surface area (Å²) in [4.78, 5) is 27.0. The van der Waals surface area contributed by atoms with E-state index in [0.29, 0.717) is 11.1 Å². The standard InChI is InChI=1S/C62H56O6S4/c1-65-53-29-45-27-46(30-53)38-70-34-42-13-21-50(22-14-42)56-8-6-10-58(60(56)62(64)68-4)52-25-17-44(18-26-52)36-72-40-48-28-47(31-54(32-48)66-2)39-71-35-43-15-23-51(24-16-43)57-9-5-7-55(59(57)61(63)67-3)49-19-11-41(12-20-49)33-69-37-45/h5-32H,33-40H2,1-4H3. The van der Waals surface area contributed by atoms with Crippen LogP contribution in [0.3, 0.4) is 0 Å². The number of ether oxygens (including phenoxy) is 4. The monoisotopic (exact) mass is 1020 g/mol. The topological polar surface area (TPSA) is 71.1 Å². The normalized spacial score (nSPS) is 13.3. The van der Waals surface area contributed by atoms with Gasteiger partial charge in [-0.1, -0.05) is 146 Å². The second-order valence-corrected chi connectivity index (χ2v) is 21.5. The molecule has 0 spiro atoms. The van der Waals surface area contributed by atoms with Crippen LogP contribution in [0.5, 0.6) is 11.5 Å². The third-order valence-electron chi connectivity index (χ3n) is 12.6. The van der Waals surface area contributed by atoms with Crippen molar-refractivity contribution in [3.8, 4) is 56.0 Å². The van der Waals surface area contributed by atoms with E-state index in [-0.39, 0.29) is 11.9 Å². The van der Waals surface area contributed by atoms with Crippen LogP contribution >= 0.6 is 47.0 Å². The fourth-order valence-corrected chi connectivity index (χ4v) is 12.7. The Balaban J connectivity index is 0.982. The van der Waals surface area contributed by atoms with Crippen LogP contribution in [0.1, 0.15) is 65.2 Å². The number of carbonyl (C=O) groups is 2. The SMILES string of the molecule is COC(=O)c1c2cccc1-c1ccc(cc1)CSCc1cc(cc(OC)c1)CSCc1ccc(cc1)-c1cccc(c1C(=O)OC)-c1ccc(cc1)CSCc1cc(cc(OC)c1)CSCc1ccc-2cc1. The number of hydrogen-bond donors (Lipinski definition) is 0. The molecule has 8 aromatic carbocycles. The number of methoxy groups -OCH3 is 4. The zero-order valence-electron chi connectivity index (χ0n) is 40.9. The Morgan fingerprint density at radius 3 is 0.778 bits per heavy atom. The molecule has 0 saturated heterocycles. The molecule has 16 bridgehead atoms. The van der Waals surface area contributed by atoms with Gasteiger partial charge in [-0.2, -0.15) is 47.0 Å². The summed E-state index contributed by atoms with van der Waals surface area (Å²) in [5.74, 6) is 7.71. The van der Waals surface area contributed by atoms with E-state index < -0.39 is 0 Å². The highest BCUT2D eigenvalue weighted by atomic mass is 32.2. The van der Waals surface area contributed by atoms with E-state index in [9.17, 15) is 9.59 Å². The van der Waals surface area contributed by atoms with Crippen molar-refractivity contribution in [2.24, 2.45) is 0 Å². The van der Waals surface area contributed by atoms with Gasteiger partial charge in [0.15, 0.2) is 0 Å². The minimum Gasteiger partial charge on any atom is -0.497 e. The summed E-state index contributed by atoms with van der Waals surface area (Å²) in [6.45, 7) is 0. The van der Waals surface area contributed by atoms with Gasteiger partial charge in [-0.3, -0.25) is 0 Å². The number of esters is 2. The summed E-state index contributed by atoms with van der Waals surface area (Å²) >= 11 is 7.45. The first-order valence-electron chi connectivity index (χ1n) is 23.7. The molecular weight excluding hydrogens is 969 g/mol. The van der Waals surface area contributed by atoms with Crippen LogP contribution in [0.4, 0.5) is 0 Å². The summed E-state index contributed by atoms with van der Waals surface area (Å²) in [6, 6.07) is 59.2. The van der Waals surface area contributed by atoms with Crippen molar-refractivity contribution in [1.82, 2.24) is 0 Å². The lowest BCUT2D eigenvalue weighted by molar-refractivity contribution is 0.0593. The van der Waals surface area contributed by atoms with Gasteiger partial charge in [-0.25, -0.2) is 9.59 Å². The molecule has 72 heavy (non-hydrogen) atoms. The highest BCUT2D eigenvalue weighted by Crippen LogP contribution is 2.37. The van der Waals surface area contributed by atoms with E-state index in [1.54, 1.807) is 14.2 Å². The molecule has 364 valence electrons. The van der Waals surface area contributed by atoms with Crippen LogP contribution in [0.15, 0.2) is 170 Å². The molecule has 0 N–H and O–H groups in total. The first-order valence-corrected chi connectivity index (χ1v) is 28.4. The van der Waals surface area contributed by atoms with Crippen molar-refractivity contribution < 1.29 is 28.5 Å². The molecule has 0 atom stereocenters. The summed E-state index contributed by atoms with van der Waals surface area (Å²) in [7, 11) is 6.34. The Kier molecular flexibility index (Phi) is 17.2. The maximum atomic E-state index is 13.5. The van der Waals surface area contributed by atoms with Gasteiger partial charge in [0.1, 0.15) is 11.5 Å². The lowest BCUT2D eigenvalue weighted by Crippen LogP contribution is -2.06. The summed E-state index contributed by atoms with van der Waals surface area (Å²) < 4.78 is 22.3. The van der Waals surface area contributed by atoms with E-state index in [0.717, 1.165) is 102 Å². The molecule has 7 aliphatic heterocycles. The Hall–Kier alpha value is -6.30. The van der Waals surface area contributed by atoms with Crippen molar-refractivity contribution in [2.45, 2.75) is 46.0 Å². The van der Waals surface area contributed by atoms with Crippen LogP contribution in [0, 0.1) is 0 Å². The van der Waals surface area contributed by atoms with Crippen LogP contribution in [0.25, 0.3) is 44.5 Å². The molecule has 0 amide bonds. The summed E-state index contributed by atoms with van der Waals surface area (Å²) in [5, 5.41) is 0. The van der Waals surface area contributed by atoms with Crippen LogP contribution in [0.2, 0.25) is 0 Å². The number of benzene rings is 8. The maximum Gasteiger partial charge on any atom is 0.339 e. The van der Waals surface area contributed by atoms with Crippen LogP contribution in [-0.4, -0.2) is 40.4 Å². The number of thioether (sulfide) groups is 4. The molecule has 0 fully saturated rings. The number of rotatable bonds is 4. The third kappa shape index (κ3) is 12.5. The highest BCUT2D eigenvalue weighted by molar-refractivity contribution is 7.98. The summed E-state index contributed by atoms with van der Waals surface area (Å²) in [5.41, 5.74) is 18.1. The van der Waals surface area contributed by atoms with E-state index >= 15 is 0 Å². The molecule has 0 radical (unpaired) electrons. The molecule has 0 unspecified atom stereocenters. The lowest BCUT2D eigenvalue weighted by atomic mass is 9.91. The van der Waals surface area contributed by atoms with Gasteiger partial charge in [-0.15, -0.1) is 0 Å². The number of hydrogen-bond acceptors (Lipinski definition) is 10. The van der Waals surface area contributed by atoms with Crippen molar-refractivity contribution in [3.63, 3.8) is 0 Å². The fourth-order valence-electron chi connectivity index (χ4n) is 9.01. The Bertz CT molecular complexity index is 2760. The van der Waals surface area contributed by atoms with Gasteiger partial charge in [0.2, 0.25) is 0 Å². The van der Waals surface area contributed by atoms with Gasteiger partial charge in [0, 0.05) is 46.0 Å². The minimum atomic E-state index is -0.359. The fraction of sp³-hybridized carbons (Fsp3) is 0.194. The summed E-state index contributed by atoms with van der Waals surface area (Å²) in [6.07, 6.45) is 0. The third-order valence-corrected chi connectivity index (χ3v) is 16.9. The largest absolute Gasteiger partial charge is 0.497 e. The molecule has 6 nitrogen and oxygen atoms in total. The van der Waals surface area contributed by atoms with Crippen molar-refractivity contribution in [1.29, 1.82) is 0 Å². The molecule has 0 aliphatic carbocycles. The maximum absolute atomic E-state index is 13.5. The quantitative estimate of drug-likeness (QED) is 0.159. The van der Waals surface area contributed by atoms with Crippen LogP contribution in [-0.2, 0) is 55.5 Å². The Morgan fingerprint density at radius 2 is 0.556 bits per heavy atom. The van der Waals surface area contributed by atoms with Crippen molar-refractivity contribution in [2.75, 3.05) is 28.4 Å². The predicted octanol–water partition coefficient (Wildman–Crippen LogP) is 16.0. The molecular formula is C62H56O6S4. The van der Waals surface area contributed by atoms with E-state index in [2.05, 4.69) is 133 Å². The predicted molar refractivity (Wildman–Crippen MR) is 303 cm³/mol. The highest BCUT2D eigenvalue weighted by Gasteiger charge is 2.21. The van der Waals surface area contributed by atoms with Gasteiger partial charge < -0.3 is 18.9 Å². The van der Waals surface area contributed by atoms with Gasteiger partial charge in [0.25, 0.3) is 0 Å². The van der Waals surface area contributed by atoms with Crippen LogP contribution < -0.4 is 9.47 Å². The van der Waals surface area contributed by atoms with E-state index in [1.807, 2.05) is 83.4 Å². The molecule has 7 aliphatic rings. The Labute approximate surface area is 440 Å². The second kappa shape index (κ2) is 24.4. The number of carbonyl (C=O) groups excluding carboxylic acids is 2. The second-order valence-electron chi connectivity index (χ2n) is 17.6. The van der Waals surface area contributed by atoms with Gasteiger partial charge in [0.05, 0.1) is 39.6 Å². The molecule has 8 aromatic rings. The lowest BCUT2D eigenvalue weighted by Gasteiger charge is -2.15. The van der Waals surface area contributed by atoms with Crippen molar-refractivity contribution in [3.05, 3.63) is 225 Å². The van der Waals surface area contributed by atoms with E-state index in [1.165, 1.54) is 58.7 Å². The van der Waals surface area contributed by atoms with Gasteiger partial charge in [-0.05, 0) is 113 Å². The molecule has 0 aromatic heterocycles. The first kappa shape index (κ1) is 50.6. The zero-order chi connectivity index (χ0) is 49.8. The molecule has 7 heterocycles.